The third-order valence-corrected chi connectivity index (χ3v) is 3.38. The molecule has 1 aromatic carbocycles. The van der Waals surface area contributed by atoms with E-state index in [0.29, 0.717) is 5.56 Å². The van der Waals surface area contributed by atoms with Crippen LogP contribution in [0.1, 0.15) is 31.9 Å². The Morgan fingerprint density at radius 1 is 1.32 bits per heavy atom. The first-order chi connectivity index (χ1) is 9.96. The van der Waals surface area contributed by atoms with Gasteiger partial charge in [-0.1, -0.05) is 31.6 Å². The van der Waals surface area contributed by atoms with Gasteiger partial charge in [0, 0.05) is 16.7 Å². The number of ether oxygens (including phenoxy) is 1. The maximum Gasteiger partial charge on any atom is 0.407 e. The van der Waals surface area contributed by atoms with Crippen LogP contribution in [0, 0.1) is 11.5 Å². The number of alkyl carbamates (subject to hydrolysis) is 1. The van der Waals surface area contributed by atoms with Gasteiger partial charge in [0.05, 0.1) is 0 Å². The predicted octanol–water partition coefficient (Wildman–Crippen LogP) is 3.65. The summed E-state index contributed by atoms with van der Waals surface area (Å²) < 4.78 is 5.10. The number of phenolic OH excluding ortho intramolecular Hbond substituents is 1. The highest BCUT2D eigenvalue weighted by molar-refractivity contribution is 6.83. The number of nitrogens with one attached hydrogen (secondary N) is 1. The Bertz CT molecular complexity index is 601. The molecule has 4 nitrogen and oxygen atoms in total. The molecule has 1 aromatic rings. The van der Waals surface area contributed by atoms with Gasteiger partial charge in [-0.25, -0.2) is 4.79 Å². The van der Waals surface area contributed by atoms with Crippen molar-refractivity contribution < 1.29 is 14.6 Å². The quantitative estimate of drug-likeness (QED) is 0.646. The molecule has 0 spiro atoms. The highest BCUT2D eigenvalue weighted by Gasteiger charge is 2.15. The number of hydrogen-bond donors (Lipinski definition) is 2. The van der Waals surface area contributed by atoms with E-state index >= 15 is 0 Å². The van der Waals surface area contributed by atoms with Crippen molar-refractivity contribution in [3.05, 3.63) is 29.3 Å². The summed E-state index contributed by atoms with van der Waals surface area (Å²) in [6.45, 7) is 12.1. The Hall–Kier alpha value is -1.93. The molecule has 0 unspecified atom stereocenters. The second kappa shape index (κ2) is 6.88. The maximum atomic E-state index is 11.6. The molecule has 120 valence electrons. The second-order valence-electron chi connectivity index (χ2n) is 7.29. The van der Waals surface area contributed by atoms with Crippen LogP contribution in [-0.2, 0) is 11.3 Å². The van der Waals surface area contributed by atoms with Gasteiger partial charge in [-0.15, -0.1) is 5.54 Å². The van der Waals surface area contributed by atoms with E-state index in [0.717, 1.165) is 5.56 Å². The van der Waals surface area contributed by atoms with Gasteiger partial charge in [0.1, 0.15) is 20.4 Å². The zero-order chi connectivity index (χ0) is 17.0. The van der Waals surface area contributed by atoms with Gasteiger partial charge in [-0.2, -0.15) is 0 Å². The minimum Gasteiger partial charge on any atom is -0.507 e. The minimum atomic E-state index is -1.44. The lowest BCUT2D eigenvalue weighted by atomic mass is 10.1. The molecule has 1 rings (SSSR count). The van der Waals surface area contributed by atoms with Crippen molar-refractivity contribution in [3.8, 4) is 17.2 Å². The van der Waals surface area contributed by atoms with Crippen LogP contribution in [0.5, 0.6) is 5.75 Å². The van der Waals surface area contributed by atoms with Crippen molar-refractivity contribution in [2.24, 2.45) is 0 Å². The van der Waals surface area contributed by atoms with Crippen LogP contribution in [-0.4, -0.2) is 24.8 Å². The Morgan fingerprint density at radius 2 is 1.95 bits per heavy atom. The van der Waals surface area contributed by atoms with Gasteiger partial charge in [0.25, 0.3) is 0 Å². The number of phenols is 1. The molecule has 0 aliphatic carbocycles. The number of amides is 1. The molecule has 1 amide bonds. The van der Waals surface area contributed by atoms with E-state index in [1.54, 1.807) is 12.1 Å². The summed E-state index contributed by atoms with van der Waals surface area (Å²) in [7, 11) is -1.44. The van der Waals surface area contributed by atoms with Crippen molar-refractivity contribution in [3.63, 3.8) is 0 Å². The SMILES string of the molecule is CC(C)(C)NC(=O)OCc1ccc(C#C[Si](C)(C)C)cc1O. The summed E-state index contributed by atoms with van der Waals surface area (Å²) >= 11 is 0. The molecule has 0 saturated heterocycles. The monoisotopic (exact) mass is 319 g/mol. The van der Waals surface area contributed by atoms with Gasteiger partial charge in [0.15, 0.2) is 0 Å². The molecule has 5 heteroatoms. The highest BCUT2D eigenvalue weighted by Crippen LogP contribution is 2.19. The first-order valence-electron chi connectivity index (χ1n) is 7.26. The van der Waals surface area contributed by atoms with E-state index in [4.69, 9.17) is 4.74 Å². The zero-order valence-electron chi connectivity index (χ0n) is 14.2. The molecule has 2 N–H and O–H groups in total. The van der Waals surface area contributed by atoms with Gasteiger partial charge in [0.2, 0.25) is 0 Å². The van der Waals surface area contributed by atoms with Crippen molar-refractivity contribution in [1.29, 1.82) is 0 Å². The molecule has 0 saturated carbocycles. The molecular formula is C17H25NO3Si. The molecule has 0 aliphatic rings. The number of carbonyl (C=O) groups excluding carboxylic acids is 1. The van der Waals surface area contributed by atoms with Crippen molar-refractivity contribution in [2.75, 3.05) is 0 Å². The van der Waals surface area contributed by atoms with Crippen LogP contribution in [0.4, 0.5) is 4.79 Å². The van der Waals surface area contributed by atoms with Crippen molar-refractivity contribution in [1.82, 2.24) is 5.32 Å². The van der Waals surface area contributed by atoms with Crippen LogP contribution in [0.25, 0.3) is 0 Å². The molecule has 22 heavy (non-hydrogen) atoms. The van der Waals surface area contributed by atoms with Gasteiger partial charge in [-0.3, -0.25) is 0 Å². The summed E-state index contributed by atoms with van der Waals surface area (Å²) in [5.41, 5.74) is 4.22. The average Bonchev–Trinajstić information content (AvgIpc) is 2.32. The average molecular weight is 319 g/mol. The second-order valence-corrected chi connectivity index (χ2v) is 12.0. The third-order valence-electron chi connectivity index (χ3n) is 2.50. The fourth-order valence-corrected chi connectivity index (χ4v) is 2.03. The van der Waals surface area contributed by atoms with Gasteiger partial charge in [-0.05, 0) is 32.9 Å². The molecule has 0 aromatic heterocycles. The van der Waals surface area contributed by atoms with Crippen molar-refractivity contribution >= 4 is 14.2 Å². The molecule has 0 fully saturated rings. The van der Waals surface area contributed by atoms with E-state index in [-0.39, 0.29) is 17.9 Å². The lowest BCUT2D eigenvalue weighted by Gasteiger charge is -2.20. The van der Waals surface area contributed by atoms with E-state index in [1.807, 2.05) is 26.8 Å². The lowest BCUT2D eigenvalue weighted by Crippen LogP contribution is -2.40. The zero-order valence-corrected chi connectivity index (χ0v) is 15.2. The molecule has 0 radical (unpaired) electrons. The van der Waals surface area contributed by atoms with Gasteiger partial charge < -0.3 is 15.2 Å². The lowest BCUT2D eigenvalue weighted by molar-refractivity contribution is 0.130. The Labute approximate surface area is 133 Å². The first-order valence-corrected chi connectivity index (χ1v) is 10.8. The minimum absolute atomic E-state index is 0.0233. The summed E-state index contributed by atoms with van der Waals surface area (Å²) in [6.07, 6.45) is -0.505. The molecule has 0 atom stereocenters. The topological polar surface area (TPSA) is 58.6 Å². The van der Waals surface area contributed by atoms with Gasteiger partial charge >= 0.3 is 6.09 Å². The fraction of sp³-hybridized carbons (Fsp3) is 0.471. The van der Waals surface area contributed by atoms with E-state index in [1.165, 1.54) is 0 Å². The number of aromatic hydroxyl groups is 1. The Balaban J connectivity index is 2.70. The van der Waals surface area contributed by atoms with Crippen LogP contribution >= 0.6 is 0 Å². The smallest absolute Gasteiger partial charge is 0.407 e. The van der Waals surface area contributed by atoms with Crippen LogP contribution in [0.2, 0.25) is 19.6 Å². The maximum absolute atomic E-state index is 11.6. The number of carbonyl (C=O) groups is 1. The van der Waals surface area contributed by atoms with Crippen molar-refractivity contribution in [2.45, 2.75) is 52.6 Å². The number of benzene rings is 1. The largest absolute Gasteiger partial charge is 0.507 e. The number of rotatable bonds is 2. The predicted molar refractivity (Wildman–Crippen MR) is 91.4 cm³/mol. The fourth-order valence-electron chi connectivity index (χ4n) is 1.51. The van der Waals surface area contributed by atoms with Crippen LogP contribution < -0.4 is 5.32 Å². The Kier molecular flexibility index (Phi) is 5.67. The molecule has 0 heterocycles. The molecule has 0 aliphatic heterocycles. The Morgan fingerprint density at radius 3 is 2.45 bits per heavy atom. The summed E-state index contributed by atoms with van der Waals surface area (Å²) in [5.74, 6) is 3.17. The number of hydrogen-bond acceptors (Lipinski definition) is 3. The highest BCUT2D eigenvalue weighted by atomic mass is 28.3. The molecular weight excluding hydrogens is 294 g/mol. The summed E-state index contributed by atoms with van der Waals surface area (Å²) in [5, 5.41) is 12.7. The van der Waals surface area contributed by atoms with Crippen LogP contribution in [0.15, 0.2) is 18.2 Å². The van der Waals surface area contributed by atoms with Crippen LogP contribution in [0.3, 0.4) is 0 Å². The van der Waals surface area contributed by atoms with E-state index < -0.39 is 14.2 Å². The first kappa shape index (κ1) is 18.1. The summed E-state index contributed by atoms with van der Waals surface area (Å²) in [6, 6.07) is 5.16. The normalized spacial score (nSPS) is 11.4. The summed E-state index contributed by atoms with van der Waals surface area (Å²) in [4.78, 5) is 11.6. The third kappa shape index (κ3) is 7.18. The molecule has 0 bridgehead atoms. The standard InChI is InChI=1S/C17H25NO3Si/c1-17(2,3)18-16(20)21-12-14-8-7-13(11-15(14)19)9-10-22(4,5)6/h7-8,11,19H,12H2,1-6H3,(H,18,20). The van der Waals surface area contributed by atoms with E-state index in [2.05, 4.69) is 36.4 Å². The van der Waals surface area contributed by atoms with E-state index in [9.17, 15) is 9.90 Å².